The van der Waals surface area contributed by atoms with Crippen LogP contribution in [-0.2, 0) is 5.54 Å². The Hall–Kier alpha value is -1.88. The van der Waals surface area contributed by atoms with Gasteiger partial charge < -0.3 is 15.5 Å². The molecular formula is C14H18FN3O. The van der Waals surface area contributed by atoms with Crippen LogP contribution in [0.4, 0.5) is 4.39 Å². The van der Waals surface area contributed by atoms with Crippen molar-refractivity contribution in [2.75, 3.05) is 7.11 Å². The predicted octanol–water partition coefficient (Wildman–Crippen LogP) is 2.81. The van der Waals surface area contributed by atoms with Crippen molar-refractivity contribution in [2.45, 2.75) is 25.8 Å². The number of rotatable bonds is 4. The molecule has 5 heteroatoms. The molecule has 2 aromatic rings. The lowest BCUT2D eigenvalue weighted by Gasteiger charge is -2.19. The Morgan fingerprint density at radius 3 is 2.79 bits per heavy atom. The minimum atomic E-state index is -0.511. The third kappa shape index (κ3) is 2.61. The van der Waals surface area contributed by atoms with E-state index in [9.17, 15) is 4.39 Å². The summed E-state index contributed by atoms with van der Waals surface area (Å²) in [6.45, 7) is 3.90. The number of nitrogens with zero attached hydrogens (tertiary/aromatic N) is 1. The number of halogens is 1. The van der Waals surface area contributed by atoms with E-state index in [1.54, 1.807) is 18.3 Å². The molecule has 0 amide bonds. The zero-order valence-corrected chi connectivity index (χ0v) is 11.3. The van der Waals surface area contributed by atoms with Gasteiger partial charge in [0.25, 0.3) is 0 Å². The number of benzene rings is 1. The molecule has 1 aromatic carbocycles. The number of aromatic nitrogens is 2. The average Bonchev–Trinajstić information content (AvgIpc) is 2.89. The molecule has 2 rings (SSSR count). The molecule has 19 heavy (non-hydrogen) atoms. The monoisotopic (exact) mass is 263 g/mol. The summed E-state index contributed by atoms with van der Waals surface area (Å²) < 4.78 is 18.6. The van der Waals surface area contributed by atoms with Crippen LogP contribution in [0.25, 0.3) is 11.3 Å². The highest BCUT2D eigenvalue weighted by atomic mass is 19.1. The number of hydrogen-bond acceptors (Lipinski definition) is 3. The minimum Gasteiger partial charge on any atom is -0.494 e. The summed E-state index contributed by atoms with van der Waals surface area (Å²) in [4.78, 5) is 7.41. The van der Waals surface area contributed by atoms with Gasteiger partial charge in [-0.15, -0.1) is 0 Å². The number of methoxy groups -OCH3 is 1. The van der Waals surface area contributed by atoms with Crippen LogP contribution < -0.4 is 10.5 Å². The summed E-state index contributed by atoms with van der Waals surface area (Å²) in [5.74, 6) is 0.518. The molecule has 0 fully saturated rings. The Kier molecular flexibility index (Phi) is 3.57. The van der Waals surface area contributed by atoms with Crippen molar-refractivity contribution in [1.82, 2.24) is 9.97 Å². The Morgan fingerprint density at radius 2 is 2.21 bits per heavy atom. The molecule has 1 aromatic heterocycles. The summed E-state index contributed by atoms with van der Waals surface area (Å²) in [6.07, 6.45) is 2.42. The molecule has 0 saturated carbocycles. The molecule has 102 valence electrons. The molecule has 0 spiro atoms. The number of nitrogens with two attached hydrogens (primary N) is 1. The van der Waals surface area contributed by atoms with E-state index in [0.717, 1.165) is 12.1 Å². The van der Waals surface area contributed by atoms with Crippen molar-refractivity contribution in [1.29, 1.82) is 0 Å². The van der Waals surface area contributed by atoms with Crippen molar-refractivity contribution in [3.63, 3.8) is 0 Å². The predicted molar refractivity (Wildman–Crippen MR) is 72.4 cm³/mol. The Morgan fingerprint density at radius 1 is 1.47 bits per heavy atom. The highest BCUT2D eigenvalue weighted by Crippen LogP contribution is 2.26. The first-order valence-electron chi connectivity index (χ1n) is 6.16. The first kappa shape index (κ1) is 13.5. The van der Waals surface area contributed by atoms with Crippen molar-refractivity contribution < 1.29 is 9.13 Å². The van der Waals surface area contributed by atoms with E-state index in [1.165, 1.54) is 13.2 Å². The maximum atomic E-state index is 13.7. The number of H-pyrrole nitrogens is 1. The summed E-state index contributed by atoms with van der Waals surface area (Å²) in [7, 11) is 1.44. The van der Waals surface area contributed by atoms with E-state index >= 15 is 0 Å². The zero-order chi connectivity index (χ0) is 14.0. The van der Waals surface area contributed by atoms with Crippen molar-refractivity contribution in [2.24, 2.45) is 5.73 Å². The lowest BCUT2D eigenvalue weighted by molar-refractivity contribution is 0.386. The summed E-state index contributed by atoms with van der Waals surface area (Å²) >= 11 is 0. The van der Waals surface area contributed by atoms with Crippen LogP contribution in [0.3, 0.4) is 0 Å². The van der Waals surface area contributed by atoms with E-state index in [-0.39, 0.29) is 5.75 Å². The second-order valence-corrected chi connectivity index (χ2v) is 4.77. The van der Waals surface area contributed by atoms with Crippen molar-refractivity contribution in [3.8, 4) is 17.0 Å². The third-order valence-electron chi connectivity index (χ3n) is 3.31. The van der Waals surface area contributed by atoms with Gasteiger partial charge in [0.1, 0.15) is 5.82 Å². The van der Waals surface area contributed by atoms with Gasteiger partial charge in [0.05, 0.1) is 24.5 Å². The van der Waals surface area contributed by atoms with Gasteiger partial charge in [-0.05, 0) is 31.5 Å². The third-order valence-corrected chi connectivity index (χ3v) is 3.31. The number of nitrogens with one attached hydrogen (secondary N) is 1. The lowest BCUT2D eigenvalue weighted by atomic mass is 10.00. The molecule has 0 aliphatic rings. The number of aromatic amines is 1. The molecular weight excluding hydrogens is 245 g/mol. The standard InChI is InChI=1S/C14H18FN3O/c1-4-14(2,16)13-17-8-11(18-13)9-5-6-12(19-3)10(15)7-9/h5-8H,4,16H2,1-3H3,(H,17,18). The van der Waals surface area contributed by atoms with E-state index in [1.807, 2.05) is 13.8 Å². The van der Waals surface area contributed by atoms with Gasteiger partial charge >= 0.3 is 0 Å². The normalized spacial score (nSPS) is 14.2. The Bertz CT molecular complexity index is 578. The van der Waals surface area contributed by atoms with Crippen LogP contribution in [0, 0.1) is 5.82 Å². The van der Waals surface area contributed by atoms with E-state index in [4.69, 9.17) is 10.5 Å². The first-order chi connectivity index (χ1) is 8.97. The summed E-state index contributed by atoms with van der Waals surface area (Å²) in [5.41, 5.74) is 7.06. The zero-order valence-electron chi connectivity index (χ0n) is 11.3. The molecule has 0 saturated heterocycles. The number of ether oxygens (including phenoxy) is 1. The molecule has 4 nitrogen and oxygen atoms in total. The molecule has 3 N–H and O–H groups in total. The fourth-order valence-electron chi connectivity index (χ4n) is 1.76. The summed E-state index contributed by atoms with van der Waals surface area (Å²) in [6, 6.07) is 4.78. The lowest BCUT2D eigenvalue weighted by Crippen LogP contribution is -2.33. The molecule has 0 aliphatic carbocycles. The smallest absolute Gasteiger partial charge is 0.165 e. The van der Waals surface area contributed by atoms with Crippen LogP contribution >= 0.6 is 0 Å². The molecule has 1 unspecified atom stereocenters. The van der Waals surface area contributed by atoms with Crippen molar-refractivity contribution in [3.05, 3.63) is 36.0 Å². The Balaban J connectivity index is 2.36. The largest absolute Gasteiger partial charge is 0.494 e. The van der Waals surface area contributed by atoms with Gasteiger partial charge in [0.15, 0.2) is 11.6 Å². The number of hydrogen-bond donors (Lipinski definition) is 2. The second-order valence-electron chi connectivity index (χ2n) is 4.77. The van der Waals surface area contributed by atoms with Crippen LogP contribution in [0.15, 0.2) is 24.4 Å². The molecule has 0 aliphatic heterocycles. The maximum Gasteiger partial charge on any atom is 0.165 e. The van der Waals surface area contributed by atoms with E-state index in [0.29, 0.717) is 11.4 Å². The molecule has 0 bridgehead atoms. The molecule has 1 heterocycles. The topological polar surface area (TPSA) is 63.9 Å². The van der Waals surface area contributed by atoms with E-state index in [2.05, 4.69) is 9.97 Å². The minimum absolute atomic E-state index is 0.223. The highest BCUT2D eigenvalue weighted by Gasteiger charge is 2.22. The highest BCUT2D eigenvalue weighted by molar-refractivity contribution is 5.60. The van der Waals surface area contributed by atoms with E-state index < -0.39 is 11.4 Å². The van der Waals surface area contributed by atoms with Gasteiger partial charge in [0.2, 0.25) is 0 Å². The number of imidazole rings is 1. The van der Waals surface area contributed by atoms with Crippen molar-refractivity contribution >= 4 is 0 Å². The fourth-order valence-corrected chi connectivity index (χ4v) is 1.76. The van der Waals surface area contributed by atoms with Crippen LogP contribution in [-0.4, -0.2) is 17.1 Å². The quantitative estimate of drug-likeness (QED) is 0.891. The molecule has 0 radical (unpaired) electrons. The Labute approximate surface area is 111 Å². The van der Waals surface area contributed by atoms with Crippen LogP contribution in [0.5, 0.6) is 5.75 Å². The van der Waals surface area contributed by atoms with Gasteiger partial charge in [-0.25, -0.2) is 9.37 Å². The second kappa shape index (κ2) is 5.01. The SMILES string of the molecule is CCC(C)(N)c1ncc(-c2ccc(OC)c(F)c2)[nH]1. The van der Waals surface area contributed by atoms with Gasteiger partial charge in [-0.2, -0.15) is 0 Å². The maximum absolute atomic E-state index is 13.7. The average molecular weight is 263 g/mol. The van der Waals surface area contributed by atoms with Crippen LogP contribution in [0.2, 0.25) is 0 Å². The fraction of sp³-hybridized carbons (Fsp3) is 0.357. The summed E-state index contributed by atoms with van der Waals surface area (Å²) in [5, 5.41) is 0. The van der Waals surface area contributed by atoms with Gasteiger partial charge in [-0.3, -0.25) is 0 Å². The molecule has 1 atom stereocenters. The van der Waals surface area contributed by atoms with Gasteiger partial charge in [-0.1, -0.05) is 6.92 Å². The van der Waals surface area contributed by atoms with Crippen LogP contribution in [0.1, 0.15) is 26.1 Å². The first-order valence-corrected chi connectivity index (χ1v) is 6.16. The van der Waals surface area contributed by atoms with Gasteiger partial charge in [0, 0.05) is 5.56 Å².